The Bertz CT molecular complexity index is 318. The molecule has 0 aliphatic rings. The fourth-order valence-electron chi connectivity index (χ4n) is 1.08. The van der Waals surface area contributed by atoms with Gasteiger partial charge in [0.2, 0.25) is 5.91 Å². The van der Waals surface area contributed by atoms with Crippen molar-refractivity contribution >= 4 is 17.7 Å². The number of pyridine rings is 1. The van der Waals surface area contributed by atoms with Crippen molar-refractivity contribution in [2.75, 3.05) is 0 Å². The van der Waals surface area contributed by atoms with Crippen LogP contribution in [0, 0.1) is 5.92 Å². The van der Waals surface area contributed by atoms with Crippen LogP contribution in [0.25, 0.3) is 0 Å². The quantitative estimate of drug-likeness (QED) is 0.349. The van der Waals surface area contributed by atoms with Crippen LogP contribution in [-0.4, -0.2) is 16.1 Å². The molecule has 2 unspecified atom stereocenters. The Labute approximate surface area is 93.6 Å². The van der Waals surface area contributed by atoms with Gasteiger partial charge < -0.3 is 0 Å². The van der Waals surface area contributed by atoms with E-state index in [0.29, 0.717) is 0 Å². The highest BCUT2D eigenvalue weighted by molar-refractivity contribution is 8.00. The molecule has 0 radical (unpaired) electrons. The molecule has 1 amide bonds. The first-order valence-corrected chi connectivity index (χ1v) is 5.60. The lowest BCUT2D eigenvalue weighted by Gasteiger charge is -2.17. The summed E-state index contributed by atoms with van der Waals surface area (Å²) in [5.41, 5.74) is 2.17. The van der Waals surface area contributed by atoms with Gasteiger partial charge in [0.05, 0.1) is 0 Å². The second-order valence-corrected chi connectivity index (χ2v) is 4.75. The smallest absolute Gasteiger partial charge is 0.237 e. The fourth-order valence-corrected chi connectivity index (χ4v) is 2.11. The zero-order valence-corrected chi connectivity index (χ0v) is 9.62. The van der Waals surface area contributed by atoms with Crippen molar-refractivity contribution in [3.63, 3.8) is 0 Å². The molecule has 0 saturated carbocycles. The fraction of sp³-hybridized carbons (Fsp3) is 0.400. The van der Waals surface area contributed by atoms with E-state index in [-0.39, 0.29) is 17.1 Å². The molecular weight excluding hydrogens is 210 g/mol. The number of carbonyl (C=O) groups is 1. The number of nitrogens with one attached hydrogen (secondary N) is 1. The molecule has 15 heavy (non-hydrogen) atoms. The number of hydrogen-bond donors (Lipinski definition) is 2. The third-order valence-corrected chi connectivity index (χ3v) is 3.56. The summed E-state index contributed by atoms with van der Waals surface area (Å²) in [6.45, 7) is 3.87. The predicted molar refractivity (Wildman–Crippen MR) is 61.1 cm³/mol. The molecule has 1 aromatic heterocycles. The van der Waals surface area contributed by atoms with E-state index in [2.05, 4.69) is 10.4 Å². The molecule has 3 N–H and O–H groups in total. The topological polar surface area (TPSA) is 68.0 Å². The SMILES string of the molecule is CC(Sc1ccncc1)C(C)C(=O)NN. The first-order valence-electron chi connectivity index (χ1n) is 4.72. The maximum Gasteiger partial charge on any atom is 0.237 e. The molecule has 0 spiro atoms. The Morgan fingerprint density at radius 2 is 2.07 bits per heavy atom. The molecule has 0 bridgehead atoms. The van der Waals surface area contributed by atoms with E-state index in [1.807, 2.05) is 26.0 Å². The van der Waals surface area contributed by atoms with Crippen molar-refractivity contribution in [2.45, 2.75) is 24.0 Å². The van der Waals surface area contributed by atoms with E-state index in [1.54, 1.807) is 24.2 Å². The number of carbonyl (C=O) groups excluding carboxylic acids is 1. The second kappa shape index (κ2) is 5.72. The van der Waals surface area contributed by atoms with Crippen molar-refractivity contribution in [3.05, 3.63) is 24.5 Å². The Morgan fingerprint density at radius 3 is 2.60 bits per heavy atom. The third kappa shape index (κ3) is 3.53. The Balaban J connectivity index is 2.56. The Morgan fingerprint density at radius 1 is 1.47 bits per heavy atom. The molecule has 5 heteroatoms. The molecule has 4 nitrogen and oxygen atoms in total. The van der Waals surface area contributed by atoms with E-state index in [0.717, 1.165) is 4.90 Å². The van der Waals surface area contributed by atoms with Crippen LogP contribution in [0.4, 0.5) is 0 Å². The molecule has 0 saturated heterocycles. The minimum atomic E-state index is -0.135. The standard InChI is InChI=1S/C10H15N3OS/c1-7(10(14)13-11)8(2)15-9-3-5-12-6-4-9/h3-8H,11H2,1-2H3,(H,13,14). The van der Waals surface area contributed by atoms with Crippen molar-refractivity contribution in [1.29, 1.82) is 0 Å². The van der Waals surface area contributed by atoms with Gasteiger partial charge in [-0.1, -0.05) is 13.8 Å². The minimum absolute atomic E-state index is 0.117. The van der Waals surface area contributed by atoms with Crippen LogP contribution in [0.3, 0.4) is 0 Å². The minimum Gasteiger partial charge on any atom is -0.294 e. The number of hydrogen-bond acceptors (Lipinski definition) is 4. The molecule has 0 fully saturated rings. The normalized spacial score (nSPS) is 14.3. The van der Waals surface area contributed by atoms with Crippen molar-refractivity contribution in [1.82, 2.24) is 10.4 Å². The van der Waals surface area contributed by atoms with Crippen LogP contribution in [0.2, 0.25) is 0 Å². The highest BCUT2D eigenvalue weighted by Gasteiger charge is 2.20. The zero-order valence-electron chi connectivity index (χ0n) is 8.81. The van der Waals surface area contributed by atoms with Crippen molar-refractivity contribution < 1.29 is 4.79 Å². The van der Waals surface area contributed by atoms with E-state index in [9.17, 15) is 4.79 Å². The number of nitrogens with two attached hydrogens (primary N) is 1. The van der Waals surface area contributed by atoms with E-state index in [4.69, 9.17) is 5.84 Å². The number of rotatable bonds is 4. The predicted octanol–water partition coefficient (Wildman–Crippen LogP) is 1.19. The number of nitrogens with zero attached hydrogens (tertiary/aromatic N) is 1. The van der Waals surface area contributed by atoms with E-state index < -0.39 is 0 Å². The van der Waals surface area contributed by atoms with Crippen LogP contribution in [0.15, 0.2) is 29.4 Å². The molecule has 0 aliphatic carbocycles. The number of aromatic nitrogens is 1. The molecule has 82 valence electrons. The molecule has 1 heterocycles. The lowest BCUT2D eigenvalue weighted by Crippen LogP contribution is -2.38. The van der Waals surface area contributed by atoms with Crippen molar-refractivity contribution in [2.24, 2.45) is 11.8 Å². The molecule has 2 atom stereocenters. The van der Waals surface area contributed by atoms with Gasteiger partial charge in [0, 0.05) is 28.5 Å². The highest BCUT2D eigenvalue weighted by Crippen LogP contribution is 2.27. The van der Waals surface area contributed by atoms with Crippen molar-refractivity contribution in [3.8, 4) is 0 Å². The van der Waals surface area contributed by atoms with Crippen LogP contribution in [0.1, 0.15) is 13.8 Å². The monoisotopic (exact) mass is 225 g/mol. The summed E-state index contributed by atoms with van der Waals surface area (Å²) < 4.78 is 0. The molecule has 1 aromatic rings. The first kappa shape index (κ1) is 12.0. The van der Waals surface area contributed by atoms with Crippen LogP contribution < -0.4 is 11.3 Å². The Kier molecular flexibility index (Phi) is 4.58. The average molecular weight is 225 g/mol. The number of thioether (sulfide) groups is 1. The van der Waals surface area contributed by atoms with Gasteiger partial charge in [-0.3, -0.25) is 15.2 Å². The third-order valence-electron chi connectivity index (χ3n) is 2.23. The summed E-state index contributed by atoms with van der Waals surface area (Å²) in [7, 11) is 0. The number of amides is 1. The van der Waals surface area contributed by atoms with E-state index in [1.165, 1.54) is 0 Å². The summed E-state index contributed by atoms with van der Waals surface area (Å²) >= 11 is 1.64. The van der Waals surface area contributed by atoms with E-state index >= 15 is 0 Å². The van der Waals surface area contributed by atoms with Crippen LogP contribution in [-0.2, 0) is 4.79 Å². The summed E-state index contributed by atoms with van der Waals surface area (Å²) in [4.78, 5) is 16.3. The second-order valence-electron chi connectivity index (χ2n) is 3.30. The largest absolute Gasteiger partial charge is 0.294 e. The maximum absolute atomic E-state index is 11.3. The first-order chi connectivity index (χ1) is 7.15. The lowest BCUT2D eigenvalue weighted by atomic mass is 10.1. The van der Waals surface area contributed by atoms with Crippen LogP contribution in [0.5, 0.6) is 0 Å². The van der Waals surface area contributed by atoms with Gasteiger partial charge in [0.25, 0.3) is 0 Å². The van der Waals surface area contributed by atoms with Gasteiger partial charge in [-0.15, -0.1) is 11.8 Å². The van der Waals surface area contributed by atoms with Gasteiger partial charge in [-0.25, -0.2) is 5.84 Å². The molecule has 0 aromatic carbocycles. The average Bonchev–Trinajstić information content (AvgIpc) is 2.28. The summed E-state index contributed by atoms with van der Waals surface area (Å²) in [5.74, 6) is 4.83. The highest BCUT2D eigenvalue weighted by atomic mass is 32.2. The molecule has 0 aliphatic heterocycles. The zero-order chi connectivity index (χ0) is 11.3. The Hall–Kier alpha value is -1.07. The summed E-state index contributed by atoms with van der Waals surface area (Å²) in [6, 6.07) is 3.85. The van der Waals surface area contributed by atoms with Gasteiger partial charge in [-0.2, -0.15) is 0 Å². The maximum atomic E-state index is 11.3. The summed E-state index contributed by atoms with van der Waals surface area (Å²) in [6.07, 6.45) is 3.48. The van der Waals surface area contributed by atoms with Gasteiger partial charge in [0.15, 0.2) is 0 Å². The number of hydrazine groups is 1. The molecular formula is C10H15N3OS. The summed E-state index contributed by atoms with van der Waals surface area (Å²) in [5, 5.41) is 0.177. The lowest BCUT2D eigenvalue weighted by molar-refractivity contribution is -0.124. The molecule has 1 rings (SSSR count). The van der Waals surface area contributed by atoms with Gasteiger partial charge in [0.1, 0.15) is 0 Å². The van der Waals surface area contributed by atoms with Gasteiger partial charge >= 0.3 is 0 Å². The van der Waals surface area contributed by atoms with Gasteiger partial charge in [-0.05, 0) is 12.1 Å². The van der Waals surface area contributed by atoms with Crippen LogP contribution >= 0.6 is 11.8 Å².